The average Bonchev–Trinajstić information content (AvgIpc) is 2.63. The van der Waals surface area contributed by atoms with Gasteiger partial charge in [0, 0.05) is 40.3 Å². The van der Waals surface area contributed by atoms with Gasteiger partial charge < -0.3 is 19.4 Å². The van der Waals surface area contributed by atoms with Crippen LogP contribution in [0.15, 0.2) is 18.2 Å². The number of benzene rings is 1. The largest absolute Gasteiger partial charge is 0.489 e. The Bertz CT molecular complexity index is 645. The van der Waals surface area contributed by atoms with Crippen LogP contribution in [-0.2, 0) is 4.79 Å². The molecule has 1 aromatic carbocycles. The van der Waals surface area contributed by atoms with Gasteiger partial charge >= 0.3 is 0 Å². The maximum atomic E-state index is 12.5. The molecule has 26 heavy (non-hydrogen) atoms. The van der Waals surface area contributed by atoms with Gasteiger partial charge in [-0.1, -0.05) is 19.8 Å². The van der Waals surface area contributed by atoms with E-state index >= 15 is 0 Å². The minimum Gasteiger partial charge on any atom is -0.489 e. The van der Waals surface area contributed by atoms with Gasteiger partial charge in [-0.2, -0.15) is 0 Å². The smallest absolute Gasteiger partial charge is 0.253 e. The fraction of sp³-hybridized carbons (Fsp3) is 0.600. The second kappa shape index (κ2) is 8.92. The highest BCUT2D eigenvalue weighted by Crippen LogP contribution is 2.34. The highest BCUT2D eigenvalue weighted by atomic mass is 16.5. The second-order valence-electron chi connectivity index (χ2n) is 7.18. The number of hydrogen-bond acceptors (Lipinski definition) is 4. The zero-order valence-electron chi connectivity index (χ0n) is 16.6. The molecule has 0 saturated carbocycles. The maximum Gasteiger partial charge on any atom is 0.253 e. The minimum absolute atomic E-state index is 0.0340. The van der Waals surface area contributed by atoms with Crippen LogP contribution >= 0.6 is 0 Å². The molecule has 0 fully saturated rings. The molecular formula is C20H31N3O3. The Morgan fingerprint density at radius 1 is 1.23 bits per heavy atom. The number of carbonyl (C=O) groups excluding carboxylic acids is 2. The van der Waals surface area contributed by atoms with Gasteiger partial charge in [-0.25, -0.2) is 0 Å². The quantitative estimate of drug-likeness (QED) is 0.701. The first-order valence-corrected chi connectivity index (χ1v) is 9.30. The number of hydrogen-bond donors (Lipinski definition) is 0. The summed E-state index contributed by atoms with van der Waals surface area (Å²) < 4.78 is 5.84. The summed E-state index contributed by atoms with van der Waals surface area (Å²) in [7, 11) is 7.29. The van der Waals surface area contributed by atoms with Gasteiger partial charge in [-0.3, -0.25) is 9.59 Å². The lowest BCUT2D eigenvalue weighted by Gasteiger charge is -2.36. The van der Waals surface area contributed by atoms with Crippen LogP contribution < -0.4 is 9.64 Å². The number of anilines is 1. The molecule has 0 spiro atoms. The lowest BCUT2D eigenvalue weighted by molar-refractivity contribution is -0.130. The summed E-state index contributed by atoms with van der Waals surface area (Å²) in [5.41, 5.74) is 1.48. The topological polar surface area (TPSA) is 53.1 Å². The number of unbranched alkanes of at least 4 members (excludes halogenated alkanes) is 2. The van der Waals surface area contributed by atoms with Crippen molar-refractivity contribution >= 4 is 17.5 Å². The lowest BCUT2D eigenvalue weighted by Crippen LogP contribution is -2.44. The van der Waals surface area contributed by atoms with E-state index in [0.717, 1.165) is 37.2 Å². The first-order valence-electron chi connectivity index (χ1n) is 9.30. The Kier molecular flexibility index (Phi) is 6.89. The predicted octanol–water partition coefficient (Wildman–Crippen LogP) is 2.62. The van der Waals surface area contributed by atoms with Crippen molar-refractivity contribution < 1.29 is 14.3 Å². The van der Waals surface area contributed by atoms with Crippen LogP contribution in [0, 0.1) is 0 Å². The molecule has 0 bridgehead atoms. The number of carbonyl (C=O) groups is 2. The second-order valence-corrected chi connectivity index (χ2v) is 7.18. The van der Waals surface area contributed by atoms with E-state index in [2.05, 4.69) is 11.8 Å². The molecule has 0 aliphatic carbocycles. The van der Waals surface area contributed by atoms with Crippen LogP contribution in [-0.4, -0.2) is 69.0 Å². The molecule has 1 heterocycles. The summed E-state index contributed by atoms with van der Waals surface area (Å²) in [5.74, 6) is 0.836. The summed E-state index contributed by atoms with van der Waals surface area (Å²) in [4.78, 5) is 30.1. The summed E-state index contributed by atoms with van der Waals surface area (Å²) in [6.07, 6.45) is 3.73. The Balaban J connectivity index is 2.06. The van der Waals surface area contributed by atoms with E-state index < -0.39 is 0 Å². The molecule has 6 nitrogen and oxygen atoms in total. The summed E-state index contributed by atoms with van der Waals surface area (Å²) in [5, 5.41) is 0. The van der Waals surface area contributed by atoms with Gasteiger partial charge in [0.1, 0.15) is 12.4 Å². The first kappa shape index (κ1) is 20.1. The van der Waals surface area contributed by atoms with Crippen molar-refractivity contribution in [2.24, 2.45) is 0 Å². The van der Waals surface area contributed by atoms with E-state index in [1.807, 2.05) is 31.1 Å². The number of amides is 2. The van der Waals surface area contributed by atoms with Crippen molar-refractivity contribution in [3.8, 4) is 5.75 Å². The molecule has 0 saturated heterocycles. The van der Waals surface area contributed by atoms with Gasteiger partial charge in [-0.05, 0) is 24.6 Å². The van der Waals surface area contributed by atoms with Crippen LogP contribution in [0.1, 0.15) is 43.0 Å². The fourth-order valence-corrected chi connectivity index (χ4v) is 3.08. The van der Waals surface area contributed by atoms with Crippen molar-refractivity contribution in [2.45, 2.75) is 38.6 Å². The van der Waals surface area contributed by atoms with E-state index in [-0.39, 0.29) is 17.9 Å². The van der Waals surface area contributed by atoms with Gasteiger partial charge in [0.05, 0.1) is 18.2 Å². The molecule has 0 N–H and O–H groups in total. The molecule has 2 amide bonds. The normalized spacial score (nSPS) is 15.9. The van der Waals surface area contributed by atoms with Crippen LogP contribution in [0.4, 0.5) is 5.69 Å². The molecule has 2 rings (SSSR count). The minimum atomic E-state index is -0.0462. The van der Waals surface area contributed by atoms with Crippen molar-refractivity contribution in [3.05, 3.63) is 23.8 Å². The predicted molar refractivity (Wildman–Crippen MR) is 104 cm³/mol. The SMILES string of the molecule is CCCCCN(C)C(=O)C[C@@H]1COc2ccc(C(=O)N(C)C)cc2N1C. The fourth-order valence-electron chi connectivity index (χ4n) is 3.08. The monoisotopic (exact) mass is 361 g/mol. The van der Waals surface area contributed by atoms with E-state index in [4.69, 9.17) is 4.74 Å². The molecule has 6 heteroatoms. The molecule has 0 aromatic heterocycles. The van der Waals surface area contributed by atoms with Crippen LogP contribution in [0.25, 0.3) is 0 Å². The highest BCUT2D eigenvalue weighted by molar-refractivity contribution is 5.95. The molecule has 1 atom stereocenters. The van der Waals surface area contributed by atoms with Crippen molar-refractivity contribution in [1.82, 2.24) is 9.80 Å². The van der Waals surface area contributed by atoms with E-state index in [9.17, 15) is 9.59 Å². The van der Waals surface area contributed by atoms with Crippen molar-refractivity contribution in [3.63, 3.8) is 0 Å². The number of likely N-dealkylation sites (N-methyl/N-ethyl adjacent to an activating group) is 1. The van der Waals surface area contributed by atoms with Gasteiger partial charge in [0.15, 0.2) is 0 Å². The highest BCUT2D eigenvalue weighted by Gasteiger charge is 2.28. The van der Waals surface area contributed by atoms with Crippen molar-refractivity contribution in [1.29, 1.82) is 0 Å². The zero-order chi connectivity index (χ0) is 19.3. The Hall–Kier alpha value is -2.24. The third-order valence-corrected chi connectivity index (χ3v) is 4.90. The molecule has 0 radical (unpaired) electrons. The maximum absolute atomic E-state index is 12.5. The van der Waals surface area contributed by atoms with E-state index in [1.54, 1.807) is 25.1 Å². The molecule has 0 unspecified atom stereocenters. The number of ether oxygens (including phenoxy) is 1. The number of rotatable bonds is 7. The third kappa shape index (κ3) is 4.68. The zero-order valence-corrected chi connectivity index (χ0v) is 16.6. The van der Waals surface area contributed by atoms with Gasteiger partial charge in [0.2, 0.25) is 5.91 Å². The Labute approximate surface area is 156 Å². The summed E-state index contributed by atoms with van der Waals surface area (Å²) >= 11 is 0. The Morgan fingerprint density at radius 2 is 1.96 bits per heavy atom. The van der Waals surface area contributed by atoms with Crippen LogP contribution in [0.2, 0.25) is 0 Å². The number of fused-ring (bicyclic) bond motifs is 1. The van der Waals surface area contributed by atoms with Gasteiger partial charge in [0.25, 0.3) is 5.91 Å². The lowest BCUT2D eigenvalue weighted by atomic mass is 10.1. The Morgan fingerprint density at radius 3 is 2.62 bits per heavy atom. The standard InChI is InChI=1S/C20H31N3O3/c1-6-7-8-11-22(4)19(24)13-16-14-26-18-10-9-15(20(25)21(2)3)12-17(18)23(16)5/h9-10,12,16H,6-8,11,13-14H2,1-5H3/t16-/m1/s1. The van der Waals surface area contributed by atoms with Crippen LogP contribution in [0.5, 0.6) is 5.75 Å². The molecule has 1 aromatic rings. The molecular weight excluding hydrogens is 330 g/mol. The molecule has 1 aliphatic heterocycles. The average molecular weight is 361 g/mol. The summed E-state index contributed by atoms with van der Waals surface area (Å²) in [6.45, 7) is 3.42. The van der Waals surface area contributed by atoms with Gasteiger partial charge in [-0.15, -0.1) is 0 Å². The summed E-state index contributed by atoms with van der Waals surface area (Å²) in [6, 6.07) is 5.42. The molecule has 1 aliphatic rings. The van der Waals surface area contributed by atoms with Crippen LogP contribution in [0.3, 0.4) is 0 Å². The number of nitrogens with zero attached hydrogens (tertiary/aromatic N) is 3. The first-order chi connectivity index (χ1) is 12.3. The third-order valence-electron chi connectivity index (χ3n) is 4.90. The van der Waals surface area contributed by atoms with E-state index in [1.165, 1.54) is 0 Å². The van der Waals surface area contributed by atoms with E-state index in [0.29, 0.717) is 18.6 Å². The van der Waals surface area contributed by atoms with Crippen molar-refractivity contribution in [2.75, 3.05) is 46.2 Å². The molecule has 144 valence electrons.